The molecule has 0 aliphatic rings. The van der Waals surface area contributed by atoms with Gasteiger partial charge in [0.05, 0.1) is 27.2 Å². The van der Waals surface area contributed by atoms with Crippen LogP contribution >= 0.6 is 23.2 Å². The molecule has 0 spiro atoms. The van der Waals surface area contributed by atoms with Crippen molar-refractivity contribution in [1.82, 2.24) is 10.2 Å². The Balaban J connectivity index is 2.09. The van der Waals surface area contributed by atoms with Gasteiger partial charge in [-0.3, -0.25) is 13.9 Å². The summed E-state index contributed by atoms with van der Waals surface area (Å²) in [4.78, 5) is 28.7. The summed E-state index contributed by atoms with van der Waals surface area (Å²) < 4.78 is 34.9. The molecular formula is C31H37Cl2N3O5S. The zero-order valence-corrected chi connectivity index (χ0v) is 26.8. The largest absolute Gasteiger partial charge is 0.492 e. The van der Waals surface area contributed by atoms with Crippen molar-refractivity contribution < 1.29 is 22.7 Å². The van der Waals surface area contributed by atoms with E-state index in [-0.39, 0.29) is 29.1 Å². The molecule has 3 aromatic carbocycles. The fraction of sp³-hybridized carbons (Fsp3) is 0.355. The van der Waals surface area contributed by atoms with Crippen LogP contribution in [-0.2, 0) is 26.2 Å². The van der Waals surface area contributed by atoms with Crippen LogP contribution in [0, 0.1) is 6.92 Å². The summed E-state index contributed by atoms with van der Waals surface area (Å²) in [5.41, 5.74) is 1.73. The summed E-state index contributed by atoms with van der Waals surface area (Å²) in [6.07, 6.45) is 0.704. The molecule has 0 aliphatic carbocycles. The SMILES string of the molecule is CCOc1ccccc1N(CC(=O)N(Cc1ccc(Cl)c(Cl)c1)C(C)C(=O)NC(C)CC)S(=O)(=O)c1ccc(C)cc1. The minimum absolute atomic E-state index is 0.00363. The maximum atomic E-state index is 14.1. The number of sulfonamides is 1. The first kappa shape index (κ1) is 33.2. The highest BCUT2D eigenvalue weighted by atomic mass is 35.5. The van der Waals surface area contributed by atoms with Gasteiger partial charge in [0.15, 0.2) is 0 Å². The molecule has 2 atom stereocenters. The number of carbonyl (C=O) groups is 2. The molecule has 0 aromatic heterocycles. The lowest BCUT2D eigenvalue weighted by molar-refractivity contribution is -0.139. The maximum Gasteiger partial charge on any atom is 0.264 e. The number of nitrogens with zero attached hydrogens (tertiary/aromatic N) is 2. The van der Waals surface area contributed by atoms with Crippen LogP contribution in [-0.4, -0.2) is 50.4 Å². The monoisotopic (exact) mass is 633 g/mol. The van der Waals surface area contributed by atoms with E-state index in [0.717, 1.165) is 9.87 Å². The molecule has 2 amide bonds. The molecule has 1 N–H and O–H groups in total. The van der Waals surface area contributed by atoms with E-state index in [1.165, 1.54) is 17.0 Å². The summed E-state index contributed by atoms with van der Waals surface area (Å²) in [7, 11) is -4.23. The number of aryl methyl sites for hydroxylation is 1. The van der Waals surface area contributed by atoms with Crippen molar-refractivity contribution in [3.05, 3.63) is 87.9 Å². The average Bonchev–Trinajstić information content (AvgIpc) is 2.96. The second-order valence-electron chi connectivity index (χ2n) is 9.99. The van der Waals surface area contributed by atoms with Crippen molar-refractivity contribution in [3.63, 3.8) is 0 Å². The number of hydrogen-bond donors (Lipinski definition) is 1. The summed E-state index contributed by atoms with van der Waals surface area (Å²) in [5.74, 6) is -0.641. The van der Waals surface area contributed by atoms with Crippen LogP contribution in [0.3, 0.4) is 0 Å². The first-order chi connectivity index (χ1) is 19.9. The van der Waals surface area contributed by atoms with Gasteiger partial charge in [-0.1, -0.05) is 66.0 Å². The molecule has 0 saturated heterocycles. The summed E-state index contributed by atoms with van der Waals surface area (Å²) in [5, 5.41) is 3.56. The molecule has 0 saturated carbocycles. The molecule has 0 heterocycles. The molecule has 42 heavy (non-hydrogen) atoms. The van der Waals surface area contributed by atoms with Gasteiger partial charge in [0.2, 0.25) is 11.8 Å². The summed E-state index contributed by atoms with van der Waals surface area (Å²) in [6, 6.07) is 16.9. The van der Waals surface area contributed by atoms with Gasteiger partial charge in [-0.2, -0.15) is 0 Å². The van der Waals surface area contributed by atoms with Crippen molar-refractivity contribution in [2.24, 2.45) is 0 Å². The van der Waals surface area contributed by atoms with Crippen LogP contribution in [0.2, 0.25) is 10.0 Å². The fourth-order valence-electron chi connectivity index (χ4n) is 4.17. The van der Waals surface area contributed by atoms with Gasteiger partial charge < -0.3 is 15.0 Å². The average molecular weight is 635 g/mol. The number of amides is 2. The Kier molecular flexibility index (Phi) is 11.7. The lowest BCUT2D eigenvalue weighted by atomic mass is 10.1. The fourth-order valence-corrected chi connectivity index (χ4v) is 5.92. The van der Waals surface area contributed by atoms with Crippen LogP contribution in [0.4, 0.5) is 5.69 Å². The highest BCUT2D eigenvalue weighted by Crippen LogP contribution is 2.33. The first-order valence-corrected chi connectivity index (χ1v) is 15.9. The number of nitrogens with one attached hydrogen (secondary N) is 1. The lowest BCUT2D eigenvalue weighted by Crippen LogP contribution is -2.52. The van der Waals surface area contributed by atoms with Gasteiger partial charge >= 0.3 is 0 Å². The molecular weight excluding hydrogens is 597 g/mol. The Morgan fingerprint density at radius 1 is 0.952 bits per heavy atom. The van der Waals surface area contributed by atoms with Crippen molar-refractivity contribution in [2.75, 3.05) is 17.5 Å². The molecule has 3 rings (SSSR count). The second-order valence-corrected chi connectivity index (χ2v) is 12.7. The smallest absolute Gasteiger partial charge is 0.264 e. The van der Waals surface area contributed by atoms with Gasteiger partial charge in [-0.25, -0.2) is 8.42 Å². The normalized spacial score (nSPS) is 12.7. The third-order valence-corrected chi connectivity index (χ3v) is 9.34. The Bertz CT molecular complexity index is 1500. The van der Waals surface area contributed by atoms with Crippen molar-refractivity contribution >= 4 is 50.7 Å². The lowest BCUT2D eigenvalue weighted by Gasteiger charge is -2.33. The van der Waals surface area contributed by atoms with Crippen LogP contribution < -0.4 is 14.4 Å². The van der Waals surface area contributed by atoms with E-state index in [1.54, 1.807) is 68.4 Å². The van der Waals surface area contributed by atoms with E-state index in [9.17, 15) is 18.0 Å². The molecule has 11 heteroatoms. The number of anilines is 1. The molecule has 8 nitrogen and oxygen atoms in total. The van der Waals surface area contributed by atoms with Gasteiger partial charge in [-0.05, 0) is 76.1 Å². The summed E-state index contributed by atoms with van der Waals surface area (Å²) >= 11 is 12.3. The number of para-hydroxylation sites is 2. The molecule has 0 bridgehead atoms. The number of carbonyl (C=O) groups excluding carboxylic acids is 2. The first-order valence-electron chi connectivity index (χ1n) is 13.7. The number of rotatable bonds is 13. The van der Waals surface area contributed by atoms with E-state index in [4.69, 9.17) is 27.9 Å². The Labute approximate surface area is 258 Å². The Morgan fingerprint density at radius 3 is 2.24 bits per heavy atom. The summed E-state index contributed by atoms with van der Waals surface area (Å²) in [6.45, 7) is 8.78. The van der Waals surface area contributed by atoms with Crippen molar-refractivity contribution in [3.8, 4) is 5.75 Å². The van der Waals surface area contributed by atoms with E-state index in [1.807, 2.05) is 20.8 Å². The standard InChI is InChI=1S/C31H37Cl2N3O5S/c1-6-22(4)34-31(38)23(5)35(19-24-14-17-26(32)27(33)18-24)30(37)20-36(28-10-8-9-11-29(28)41-7-2)42(39,40)25-15-12-21(3)13-16-25/h8-18,22-23H,6-7,19-20H2,1-5H3,(H,34,38). The van der Waals surface area contributed by atoms with E-state index in [0.29, 0.717) is 34.4 Å². The van der Waals surface area contributed by atoms with Gasteiger partial charge in [-0.15, -0.1) is 0 Å². The maximum absolute atomic E-state index is 14.1. The quantitative estimate of drug-likeness (QED) is 0.241. The second kappa shape index (κ2) is 14.8. The van der Waals surface area contributed by atoms with Crippen molar-refractivity contribution in [2.45, 2.75) is 64.6 Å². The third-order valence-electron chi connectivity index (χ3n) is 6.83. The van der Waals surface area contributed by atoms with Crippen molar-refractivity contribution in [1.29, 1.82) is 0 Å². The van der Waals surface area contributed by atoms with Crippen LogP contribution in [0.15, 0.2) is 71.6 Å². The van der Waals surface area contributed by atoms with Crippen LogP contribution in [0.25, 0.3) is 0 Å². The number of benzene rings is 3. The Morgan fingerprint density at radius 2 is 1.62 bits per heavy atom. The molecule has 0 fully saturated rings. The number of hydrogen-bond acceptors (Lipinski definition) is 5. The molecule has 0 radical (unpaired) electrons. The molecule has 0 aliphatic heterocycles. The zero-order chi connectivity index (χ0) is 31.0. The van der Waals surface area contributed by atoms with E-state index in [2.05, 4.69) is 5.32 Å². The van der Waals surface area contributed by atoms with Gasteiger partial charge in [0, 0.05) is 12.6 Å². The highest BCUT2D eigenvalue weighted by Gasteiger charge is 2.34. The van der Waals surface area contributed by atoms with Gasteiger partial charge in [0.25, 0.3) is 10.0 Å². The predicted octanol–water partition coefficient (Wildman–Crippen LogP) is 6.23. The topological polar surface area (TPSA) is 96.0 Å². The van der Waals surface area contributed by atoms with Crippen LogP contribution in [0.5, 0.6) is 5.75 Å². The number of halogens is 2. The molecule has 2 unspecified atom stereocenters. The molecule has 3 aromatic rings. The minimum Gasteiger partial charge on any atom is -0.492 e. The van der Waals surface area contributed by atoms with Crippen LogP contribution in [0.1, 0.15) is 45.2 Å². The van der Waals surface area contributed by atoms with E-state index >= 15 is 0 Å². The zero-order valence-electron chi connectivity index (χ0n) is 24.4. The third kappa shape index (κ3) is 8.18. The number of ether oxygens (including phenoxy) is 1. The highest BCUT2D eigenvalue weighted by molar-refractivity contribution is 7.92. The van der Waals surface area contributed by atoms with E-state index < -0.39 is 28.5 Å². The predicted molar refractivity (Wildman–Crippen MR) is 168 cm³/mol. The molecule has 226 valence electrons. The van der Waals surface area contributed by atoms with Gasteiger partial charge in [0.1, 0.15) is 18.3 Å². The Hall–Kier alpha value is -3.27. The minimum atomic E-state index is -4.23.